The summed E-state index contributed by atoms with van der Waals surface area (Å²) in [6.07, 6.45) is 1.77. The van der Waals surface area contributed by atoms with Crippen LogP contribution in [0.1, 0.15) is 26.3 Å². The lowest BCUT2D eigenvalue weighted by Crippen LogP contribution is -2.30. The molecule has 4 aromatic rings. The van der Waals surface area contributed by atoms with E-state index in [0.717, 1.165) is 10.3 Å². The maximum Gasteiger partial charge on any atom is 0.263 e. The Morgan fingerprint density at radius 3 is 2.35 bits per heavy atom. The van der Waals surface area contributed by atoms with Crippen LogP contribution in [0.25, 0.3) is 22.0 Å². The zero-order valence-corrected chi connectivity index (χ0v) is 17.0. The first-order chi connectivity index (χ1) is 14.8. The van der Waals surface area contributed by atoms with E-state index in [1.54, 1.807) is 36.1 Å². The van der Waals surface area contributed by atoms with Gasteiger partial charge in [0.15, 0.2) is 0 Å². The highest BCUT2D eigenvalue weighted by atomic mass is 35.5. The molecule has 0 spiro atoms. The first-order valence-corrected chi connectivity index (χ1v) is 9.78. The normalized spacial score (nSPS) is 13.4. The van der Waals surface area contributed by atoms with Crippen molar-refractivity contribution in [1.29, 1.82) is 0 Å². The van der Waals surface area contributed by atoms with E-state index in [-0.39, 0.29) is 21.7 Å². The van der Waals surface area contributed by atoms with E-state index in [0.29, 0.717) is 16.6 Å². The molecule has 0 unspecified atom stereocenters. The predicted molar refractivity (Wildman–Crippen MR) is 112 cm³/mol. The van der Waals surface area contributed by atoms with Gasteiger partial charge in [0, 0.05) is 24.2 Å². The Kier molecular flexibility index (Phi) is 4.37. The Labute approximate surface area is 180 Å². The van der Waals surface area contributed by atoms with Crippen LogP contribution in [0.5, 0.6) is 0 Å². The lowest BCUT2D eigenvalue weighted by atomic mass is 9.99. The summed E-state index contributed by atoms with van der Waals surface area (Å²) in [5.41, 5.74) is 1.47. The minimum Gasteiger partial charge on any atom is -0.275 e. The highest BCUT2D eigenvalue weighted by Gasteiger charge is 2.38. The summed E-state index contributed by atoms with van der Waals surface area (Å²) < 4.78 is 31.6. The average Bonchev–Trinajstić information content (AvgIpc) is 3.22. The molecule has 8 heteroatoms. The van der Waals surface area contributed by atoms with E-state index in [4.69, 9.17) is 11.6 Å². The number of aromatic nitrogens is 2. The molecule has 0 saturated carbocycles. The first-order valence-electron chi connectivity index (χ1n) is 9.40. The second-order valence-electron chi connectivity index (χ2n) is 7.32. The number of hydrogen-bond acceptors (Lipinski definition) is 3. The highest BCUT2D eigenvalue weighted by Crippen LogP contribution is 2.33. The fourth-order valence-electron chi connectivity index (χ4n) is 3.92. The number of hydrogen-bond donors (Lipinski definition) is 0. The number of amides is 2. The SMILES string of the molecule is Cn1cc2c(-c3cc(F)c(CN4C(=O)c5cccc(Cl)c5C4=O)c(F)c3)cccc2n1. The number of halogens is 3. The van der Waals surface area contributed by atoms with Crippen molar-refractivity contribution in [3.63, 3.8) is 0 Å². The summed E-state index contributed by atoms with van der Waals surface area (Å²) in [7, 11) is 1.77. The second kappa shape index (κ2) is 6.99. The van der Waals surface area contributed by atoms with Gasteiger partial charge in [-0.15, -0.1) is 0 Å². The van der Waals surface area contributed by atoms with Crippen LogP contribution in [0.2, 0.25) is 5.02 Å². The molecule has 0 N–H and O–H groups in total. The molecule has 0 aliphatic carbocycles. The van der Waals surface area contributed by atoms with Crippen molar-refractivity contribution in [2.45, 2.75) is 6.54 Å². The van der Waals surface area contributed by atoms with Gasteiger partial charge in [-0.25, -0.2) is 8.78 Å². The Bertz CT molecular complexity index is 1390. The fraction of sp³-hybridized carbons (Fsp3) is 0.0870. The minimum atomic E-state index is -0.849. The van der Waals surface area contributed by atoms with Crippen LogP contribution in [0.15, 0.2) is 54.7 Å². The summed E-state index contributed by atoms with van der Waals surface area (Å²) in [4.78, 5) is 26.1. The number of rotatable bonds is 3. The molecule has 1 aliphatic rings. The molecule has 5 rings (SSSR count). The maximum atomic E-state index is 15.0. The van der Waals surface area contributed by atoms with Gasteiger partial charge < -0.3 is 0 Å². The van der Waals surface area contributed by atoms with Crippen molar-refractivity contribution in [2.75, 3.05) is 0 Å². The Morgan fingerprint density at radius 1 is 0.968 bits per heavy atom. The van der Waals surface area contributed by atoms with Gasteiger partial charge in [0.2, 0.25) is 0 Å². The summed E-state index contributed by atoms with van der Waals surface area (Å²) in [5, 5.41) is 5.19. The Hall–Kier alpha value is -3.58. The third-order valence-electron chi connectivity index (χ3n) is 5.38. The number of benzene rings is 3. The molecule has 0 bridgehead atoms. The standard InChI is InChI=1S/C23H14ClF2N3O2/c1-28-10-15-13(4-3-7-20(15)27-28)12-8-18(25)16(19(26)9-12)11-29-22(30)14-5-2-6-17(24)21(14)23(29)31/h2-10H,11H2,1H3. The van der Waals surface area contributed by atoms with E-state index >= 15 is 0 Å². The largest absolute Gasteiger partial charge is 0.275 e. The van der Waals surface area contributed by atoms with Crippen LogP contribution in [-0.2, 0) is 13.6 Å². The maximum absolute atomic E-state index is 15.0. The zero-order chi connectivity index (χ0) is 21.9. The topological polar surface area (TPSA) is 55.2 Å². The van der Waals surface area contributed by atoms with Crippen LogP contribution >= 0.6 is 11.6 Å². The van der Waals surface area contributed by atoms with E-state index in [2.05, 4.69) is 5.10 Å². The monoisotopic (exact) mass is 437 g/mol. The predicted octanol–water partition coefficient (Wildman–Crippen LogP) is 4.97. The highest BCUT2D eigenvalue weighted by molar-refractivity contribution is 6.37. The Balaban J connectivity index is 1.53. The van der Waals surface area contributed by atoms with Gasteiger partial charge in [0.05, 0.1) is 28.2 Å². The van der Waals surface area contributed by atoms with Crippen molar-refractivity contribution in [2.24, 2.45) is 7.05 Å². The molecule has 2 amide bonds. The van der Waals surface area contributed by atoms with Gasteiger partial charge >= 0.3 is 0 Å². The smallest absolute Gasteiger partial charge is 0.263 e. The van der Waals surface area contributed by atoms with E-state index < -0.39 is 30.0 Å². The van der Waals surface area contributed by atoms with Crippen LogP contribution in [-0.4, -0.2) is 26.5 Å². The van der Waals surface area contributed by atoms with Crippen molar-refractivity contribution in [1.82, 2.24) is 14.7 Å². The summed E-state index contributed by atoms with van der Waals surface area (Å²) in [6, 6.07) is 12.2. The molecule has 2 heterocycles. The van der Waals surface area contributed by atoms with Gasteiger partial charge in [0.25, 0.3) is 11.8 Å². The first kappa shape index (κ1) is 19.4. The molecule has 5 nitrogen and oxygen atoms in total. The van der Waals surface area contributed by atoms with Crippen molar-refractivity contribution in [3.05, 3.63) is 88.1 Å². The molecular formula is C23H14ClF2N3O2. The quantitative estimate of drug-likeness (QED) is 0.425. The molecular weight excluding hydrogens is 424 g/mol. The molecule has 154 valence electrons. The molecule has 0 radical (unpaired) electrons. The molecule has 0 atom stereocenters. The summed E-state index contributed by atoms with van der Waals surface area (Å²) in [6.45, 7) is -0.530. The van der Waals surface area contributed by atoms with Gasteiger partial charge in [0.1, 0.15) is 11.6 Å². The number of fused-ring (bicyclic) bond motifs is 2. The van der Waals surface area contributed by atoms with Crippen molar-refractivity contribution < 1.29 is 18.4 Å². The average molecular weight is 438 g/mol. The zero-order valence-electron chi connectivity index (χ0n) is 16.2. The summed E-state index contributed by atoms with van der Waals surface area (Å²) in [5.74, 6) is -3.00. The minimum absolute atomic E-state index is 0.0508. The van der Waals surface area contributed by atoms with Crippen LogP contribution in [0.3, 0.4) is 0 Å². The Morgan fingerprint density at radius 2 is 1.65 bits per heavy atom. The lowest BCUT2D eigenvalue weighted by molar-refractivity contribution is 0.0639. The summed E-state index contributed by atoms with van der Waals surface area (Å²) >= 11 is 6.04. The molecule has 31 heavy (non-hydrogen) atoms. The van der Waals surface area contributed by atoms with Crippen LogP contribution in [0, 0.1) is 11.6 Å². The van der Waals surface area contributed by atoms with Crippen molar-refractivity contribution in [3.8, 4) is 11.1 Å². The number of nitrogens with zero attached hydrogens (tertiary/aromatic N) is 3. The number of imide groups is 1. The van der Waals surface area contributed by atoms with E-state index in [1.165, 1.54) is 24.3 Å². The second-order valence-corrected chi connectivity index (χ2v) is 7.73. The third kappa shape index (κ3) is 3.00. The molecule has 1 aliphatic heterocycles. The van der Waals surface area contributed by atoms with E-state index in [9.17, 15) is 18.4 Å². The van der Waals surface area contributed by atoms with Gasteiger partial charge in [-0.2, -0.15) is 5.10 Å². The molecule has 1 aromatic heterocycles. The fourth-order valence-corrected chi connectivity index (χ4v) is 4.17. The van der Waals surface area contributed by atoms with Crippen LogP contribution < -0.4 is 0 Å². The molecule has 0 fully saturated rings. The molecule has 0 saturated heterocycles. The lowest BCUT2D eigenvalue weighted by Gasteiger charge is -2.16. The number of carbonyl (C=O) groups is 2. The van der Waals surface area contributed by atoms with Crippen molar-refractivity contribution >= 4 is 34.3 Å². The number of carbonyl (C=O) groups excluding carboxylic acids is 2. The molecule has 3 aromatic carbocycles. The number of aryl methyl sites for hydroxylation is 1. The van der Waals surface area contributed by atoms with Gasteiger partial charge in [-0.05, 0) is 41.5 Å². The van der Waals surface area contributed by atoms with Gasteiger partial charge in [-0.3, -0.25) is 19.2 Å². The van der Waals surface area contributed by atoms with Crippen LogP contribution in [0.4, 0.5) is 8.78 Å². The van der Waals surface area contributed by atoms with E-state index in [1.807, 2.05) is 6.07 Å². The van der Waals surface area contributed by atoms with Gasteiger partial charge in [-0.1, -0.05) is 29.8 Å². The third-order valence-corrected chi connectivity index (χ3v) is 5.70.